The zero-order chi connectivity index (χ0) is 18.4. The minimum Gasteiger partial charge on any atom is -0.462 e. The summed E-state index contributed by atoms with van der Waals surface area (Å²) in [6, 6.07) is 0. The molecule has 3 fully saturated rings. The van der Waals surface area contributed by atoms with Crippen molar-refractivity contribution in [3.8, 4) is 0 Å². The van der Waals surface area contributed by atoms with E-state index in [0.29, 0.717) is 6.42 Å². The summed E-state index contributed by atoms with van der Waals surface area (Å²) in [5.41, 5.74) is 0. The maximum Gasteiger partial charge on any atom is 0.305 e. The maximum absolute atomic E-state index is 11.5. The van der Waals surface area contributed by atoms with Gasteiger partial charge in [-0.05, 0) is 93.8 Å². The molecular formula is C24H42O2. The summed E-state index contributed by atoms with van der Waals surface area (Å²) >= 11 is 0. The van der Waals surface area contributed by atoms with E-state index in [0.717, 1.165) is 42.4 Å². The van der Waals surface area contributed by atoms with Crippen LogP contribution in [0, 0.1) is 29.6 Å². The second-order valence-corrected chi connectivity index (χ2v) is 9.62. The summed E-state index contributed by atoms with van der Waals surface area (Å²) in [6.45, 7) is 4.23. The van der Waals surface area contributed by atoms with Crippen LogP contribution in [0.3, 0.4) is 0 Å². The lowest BCUT2D eigenvalue weighted by Crippen LogP contribution is -2.31. The number of rotatable bonds is 6. The molecule has 3 aliphatic carbocycles. The van der Waals surface area contributed by atoms with Crippen LogP contribution in [-0.2, 0) is 9.53 Å². The van der Waals surface area contributed by atoms with Crippen molar-refractivity contribution in [1.29, 1.82) is 0 Å². The molecule has 0 aromatic rings. The third-order valence-electron chi connectivity index (χ3n) is 8.04. The minimum absolute atomic E-state index is 0.0115. The van der Waals surface area contributed by atoms with Crippen molar-refractivity contribution in [3.05, 3.63) is 0 Å². The highest BCUT2D eigenvalue weighted by Gasteiger charge is 2.35. The van der Waals surface area contributed by atoms with E-state index in [1.54, 1.807) is 0 Å². The van der Waals surface area contributed by atoms with Crippen LogP contribution in [0.5, 0.6) is 0 Å². The number of carbonyl (C=O) groups is 1. The number of hydrogen-bond acceptors (Lipinski definition) is 2. The van der Waals surface area contributed by atoms with E-state index in [-0.39, 0.29) is 12.1 Å². The Hall–Kier alpha value is -0.530. The summed E-state index contributed by atoms with van der Waals surface area (Å²) < 4.78 is 5.56. The van der Waals surface area contributed by atoms with Gasteiger partial charge < -0.3 is 4.74 Å². The van der Waals surface area contributed by atoms with E-state index in [1.165, 1.54) is 77.0 Å². The van der Waals surface area contributed by atoms with Gasteiger partial charge in [0, 0.05) is 6.42 Å². The second-order valence-electron chi connectivity index (χ2n) is 9.62. The Morgan fingerprint density at radius 3 is 1.54 bits per heavy atom. The van der Waals surface area contributed by atoms with E-state index < -0.39 is 0 Å². The SMILES string of the molecule is CCCC1CCC(C2CCC(C3CCC(OC(=O)CC)CC3)CC2)CC1. The minimum atomic E-state index is -0.0115. The van der Waals surface area contributed by atoms with Crippen LogP contribution < -0.4 is 0 Å². The van der Waals surface area contributed by atoms with Crippen LogP contribution >= 0.6 is 0 Å². The molecule has 0 N–H and O–H groups in total. The van der Waals surface area contributed by atoms with Crippen molar-refractivity contribution in [1.82, 2.24) is 0 Å². The third-order valence-corrected chi connectivity index (χ3v) is 8.04. The molecule has 0 atom stereocenters. The lowest BCUT2D eigenvalue weighted by atomic mass is 9.65. The van der Waals surface area contributed by atoms with Gasteiger partial charge >= 0.3 is 5.97 Å². The lowest BCUT2D eigenvalue weighted by Gasteiger charge is -2.41. The highest BCUT2D eigenvalue weighted by atomic mass is 16.5. The molecular weight excluding hydrogens is 320 g/mol. The number of ether oxygens (including phenoxy) is 1. The molecule has 0 radical (unpaired) electrons. The van der Waals surface area contributed by atoms with E-state index in [9.17, 15) is 4.79 Å². The number of carbonyl (C=O) groups excluding carboxylic acids is 1. The van der Waals surface area contributed by atoms with Crippen molar-refractivity contribution in [2.75, 3.05) is 0 Å². The predicted octanol–water partition coefficient (Wildman–Crippen LogP) is 6.91. The molecule has 0 aromatic heterocycles. The molecule has 0 saturated heterocycles. The molecule has 0 heterocycles. The topological polar surface area (TPSA) is 26.3 Å². The Bertz CT molecular complexity index is 408. The molecule has 3 saturated carbocycles. The first kappa shape index (κ1) is 20.2. The van der Waals surface area contributed by atoms with Gasteiger partial charge in [-0.1, -0.05) is 39.5 Å². The number of esters is 1. The van der Waals surface area contributed by atoms with Gasteiger partial charge in [0.25, 0.3) is 0 Å². The predicted molar refractivity (Wildman–Crippen MR) is 108 cm³/mol. The normalized spacial score (nSPS) is 38.7. The standard InChI is InChI=1S/C24H42O2/c1-3-5-18-6-8-19(9-7-18)20-10-12-21(13-11-20)22-14-16-23(17-15-22)26-24(25)4-2/h18-23H,3-17H2,1-2H3. The van der Waals surface area contributed by atoms with Crippen molar-refractivity contribution >= 4 is 5.97 Å². The molecule has 0 aromatic carbocycles. The molecule has 26 heavy (non-hydrogen) atoms. The summed E-state index contributed by atoms with van der Waals surface area (Å²) in [5, 5.41) is 0. The molecule has 3 aliphatic rings. The lowest BCUT2D eigenvalue weighted by molar-refractivity contribution is -0.150. The molecule has 0 bridgehead atoms. The molecule has 0 amide bonds. The third kappa shape index (κ3) is 5.49. The van der Waals surface area contributed by atoms with Crippen LogP contribution in [-0.4, -0.2) is 12.1 Å². The van der Waals surface area contributed by atoms with Crippen LogP contribution in [0.4, 0.5) is 0 Å². The second kappa shape index (κ2) is 10.1. The fourth-order valence-electron chi connectivity index (χ4n) is 6.39. The summed E-state index contributed by atoms with van der Waals surface area (Å²) in [5.74, 6) is 4.99. The quantitative estimate of drug-likeness (QED) is 0.480. The first-order valence-corrected chi connectivity index (χ1v) is 11.9. The molecule has 2 nitrogen and oxygen atoms in total. The fourth-order valence-corrected chi connectivity index (χ4v) is 6.39. The zero-order valence-electron chi connectivity index (χ0n) is 17.4. The van der Waals surface area contributed by atoms with Crippen LogP contribution in [0.15, 0.2) is 0 Å². The Morgan fingerprint density at radius 2 is 1.12 bits per heavy atom. The van der Waals surface area contributed by atoms with Crippen molar-refractivity contribution < 1.29 is 9.53 Å². The van der Waals surface area contributed by atoms with Gasteiger partial charge in [-0.3, -0.25) is 4.79 Å². The van der Waals surface area contributed by atoms with Gasteiger partial charge in [-0.2, -0.15) is 0 Å². The average molecular weight is 363 g/mol. The highest BCUT2D eigenvalue weighted by molar-refractivity contribution is 5.69. The molecule has 3 rings (SSSR count). The van der Waals surface area contributed by atoms with Gasteiger partial charge in [0.1, 0.15) is 6.10 Å². The van der Waals surface area contributed by atoms with Crippen LogP contribution in [0.25, 0.3) is 0 Å². The van der Waals surface area contributed by atoms with E-state index in [1.807, 2.05) is 6.92 Å². The van der Waals surface area contributed by atoms with Gasteiger partial charge in [-0.15, -0.1) is 0 Å². The Balaban J connectivity index is 1.35. The van der Waals surface area contributed by atoms with Crippen LogP contribution in [0.2, 0.25) is 0 Å². The van der Waals surface area contributed by atoms with Crippen molar-refractivity contribution in [2.24, 2.45) is 29.6 Å². The van der Waals surface area contributed by atoms with Crippen molar-refractivity contribution in [3.63, 3.8) is 0 Å². The fraction of sp³-hybridized carbons (Fsp3) is 0.958. The first-order valence-electron chi connectivity index (χ1n) is 11.9. The van der Waals surface area contributed by atoms with Gasteiger partial charge in [-0.25, -0.2) is 0 Å². The summed E-state index contributed by atoms with van der Waals surface area (Å²) in [7, 11) is 0. The van der Waals surface area contributed by atoms with E-state index in [2.05, 4.69) is 6.92 Å². The van der Waals surface area contributed by atoms with Crippen molar-refractivity contribution in [2.45, 2.75) is 116 Å². The smallest absolute Gasteiger partial charge is 0.305 e. The van der Waals surface area contributed by atoms with E-state index in [4.69, 9.17) is 4.74 Å². The summed E-state index contributed by atoms with van der Waals surface area (Å²) in [4.78, 5) is 11.5. The largest absolute Gasteiger partial charge is 0.462 e. The molecule has 2 heteroatoms. The van der Waals surface area contributed by atoms with Gasteiger partial charge in [0.05, 0.1) is 0 Å². The highest BCUT2D eigenvalue weighted by Crippen LogP contribution is 2.45. The average Bonchev–Trinajstić information content (AvgIpc) is 2.69. The Kier molecular flexibility index (Phi) is 7.88. The molecule has 150 valence electrons. The van der Waals surface area contributed by atoms with Crippen LogP contribution in [0.1, 0.15) is 110 Å². The van der Waals surface area contributed by atoms with Gasteiger partial charge in [0.2, 0.25) is 0 Å². The monoisotopic (exact) mass is 362 g/mol. The molecule has 0 spiro atoms. The first-order chi connectivity index (χ1) is 12.7. The molecule has 0 unspecified atom stereocenters. The van der Waals surface area contributed by atoms with Gasteiger partial charge in [0.15, 0.2) is 0 Å². The Labute approximate surface area is 161 Å². The maximum atomic E-state index is 11.5. The number of hydrogen-bond donors (Lipinski definition) is 0. The summed E-state index contributed by atoms with van der Waals surface area (Å²) in [6.07, 6.45) is 20.4. The van der Waals surface area contributed by atoms with E-state index >= 15 is 0 Å². The Morgan fingerprint density at radius 1 is 0.692 bits per heavy atom. The molecule has 0 aliphatic heterocycles. The zero-order valence-corrected chi connectivity index (χ0v) is 17.4.